The van der Waals surface area contributed by atoms with Crippen LogP contribution in [0.15, 0.2) is 0 Å². The quantitative estimate of drug-likeness (QED) is 0.747. The molecule has 2 fully saturated rings. The van der Waals surface area contributed by atoms with E-state index in [0.29, 0.717) is 17.9 Å². The van der Waals surface area contributed by atoms with Gasteiger partial charge in [0.15, 0.2) is 0 Å². The zero-order valence-corrected chi connectivity index (χ0v) is 10.0. The minimum absolute atomic E-state index is 0.248. The molecule has 0 aromatic rings. The molecule has 0 bridgehead atoms. The molecule has 15 heavy (non-hydrogen) atoms. The summed E-state index contributed by atoms with van der Waals surface area (Å²) in [6.07, 6.45) is 3.43. The first-order chi connectivity index (χ1) is 6.97. The predicted molar refractivity (Wildman–Crippen MR) is 60.6 cm³/mol. The largest absolute Gasteiger partial charge is 0.351 e. The topological polar surface area (TPSA) is 32.3 Å². The van der Waals surface area contributed by atoms with Gasteiger partial charge in [-0.1, -0.05) is 6.42 Å². The highest BCUT2D eigenvalue weighted by Gasteiger charge is 2.36. The molecule has 0 unspecified atom stereocenters. The number of nitrogens with one attached hydrogen (secondary N) is 1. The molecule has 0 aromatic heterocycles. The SMILES string of the molecule is CC(C)(C)N1CC(NC(=O)C2CCC2)C1. The Balaban J connectivity index is 1.69. The summed E-state index contributed by atoms with van der Waals surface area (Å²) in [5.41, 5.74) is 0.248. The second kappa shape index (κ2) is 3.78. The lowest BCUT2D eigenvalue weighted by Crippen LogP contribution is -2.65. The van der Waals surface area contributed by atoms with Crippen LogP contribution in [0.1, 0.15) is 40.0 Å². The van der Waals surface area contributed by atoms with Crippen LogP contribution in [0.5, 0.6) is 0 Å². The summed E-state index contributed by atoms with van der Waals surface area (Å²) in [5, 5.41) is 3.14. The van der Waals surface area contributed by atoms with Gasteiger partial charge in [0, 0.05) is 24.5 Å². The molecule has 1 aliphatic carbocycles. The van der Waals surface area contributed by atoms with E-state index in [1.165, 1.54) is 6.42 Å². The first-order valence-corrected chi connectivity index (χ1v) is 6.02. The fourth-order valence-corrected chi connectivity index (χ4v) is 2.11. The van der Waals surface area contributed by atoms with E-state index in [-0.39, 0.29) is 5.54 Å². The molecule has 0 spiro atoms. The normalized spacial score (nSPS) is 24.5. The molecule has 3 heteroatoms. The summed E-state index contributed by atoms with van der Waals surface area (Å²) in [6, 6.07) is 0.400. The summed E-state index contributed by atoms with van der Waals surface area (Å²) in [7, 11) is 0. The van der Waals surface area contributed by atoms with E-state index < -0.39 is 0 Å². The van der Waals surface area contributed by atoms with Crippen molar-refractivity contribution in [3.8, 4) is 0 Å². The molecule has 86 valence electrons. The maximum atomic E-state index is 11.7. The van der Waals surface area contributed by atoms with Crippen LogP contribution in [-0.4, -0.2) is 35.5 Å². The highest BCUT2D eigenvalue weighted by Crippen LogP contribution is 2.27. The number of rotatable bonds is 2. The van der Waals surface area contributed by atoms with Gasteiger partial charge in [0.05, 0.1) is 6.04 Å². The van der Waals surface area contributed by atoms with Crippen LogP contribution in [0.4, 0.5) is 0 Å². The van der Waals surface area contributed by atoms with E-state index in [0.717, 1.165) is 25.9 Å². The van der Waals surface area contributed by atoms with Gasteiger partial charge in [0.1, 0.15) is 0 Å². The lowest BCUT2D eigenvalue weighted by atomic mass is 9.84. The molecular formula is C12H22N2O. The molecule has 2 aliphatic rings. The van der Waals surface area contributed by atoms with Crippen LogP contribution < -0.4 is 5.32 Å². The zero-order chi connectivity index (χ0) is 11.1. The molecule has 1 aliphatic heterocycles. The van der Waals surface area contributed by atoms with E-state index in [1.807, 2.05) is 0 Å². The van der Waals surface area contributed by atoms with Gasteiger partial charge in [0.25, 0.3) is 0 Å². The van der Waals surface area contributed by atoms with Gasteiger partial charge in [-0.3, -0.25) is 9.69 Å². The lowest BCUT2D eigenvalue weighted by molar-refractivity contribution is -0.130. The summed E-state index contributed by atoms with van der Waals surface area (Å²) in [6.45, 7) is 8.69. The van der Waals surface area contributed by atoms with E-state index in [9.17, 15) is 4.79 Å². The van der Waals surface area contributed by atoms with E-state index >= 15 is 0 Å². The molecule has 0 radical (unpaired) electrons. The Morgan fingerprint density at radius 3 is 2.27 bits per heavy atom. The molecule has 1 heterocycles. The number of likely N-dealkylation sites (tertiary alicyclic amines) is 1. The smallest absolute Gasteiger partial charge is 0.223 e. The van der Waals surface area contributed by atoms with Crippen molar-refractivity contribution in [2.45, 2.75) is 51.6 Å². The summed E-state index contributed by atoms with van der Waals surface area (Å²) in [4.78, 5) is 14.1. The van der Waals surface area contributed by atoms with Gasteiger partial charge in [0.2, 0.25) is 5.91 Å². The van der Waals surface area contributed by atoms with E-state index in [4.69, 9.17) is 0 Å². The third-order valence-corrected chi connectivity index (χ3v) is 3.65. The van der Waals surface area contributed by atoms with Crippen LogP contribution in [-0.2, 0) is 4.79 Å². The summed E-state index contributed by atoms with van der Waals surface area (Å²) < 4.78 is 0. The molecule has 1 saturated carbocycles. The average Bonchev–Trinajstić information content (AvgIpc) is 1.89. The third kappa shape index (κ3) is 2.33. The minimum Gasteiger partial charge on any atom is -0.351 e. The van der Waals surface area contributed by atoms with Crippen molar-refractivity contribution in [3.63, 3.8) is 0 Å². The average molecular weight is 210 g/mol. The minimum atomic E-state index is 0.248. The fraction of sp³-hybridized carbons (Fsp3) is 0.917. The highest BCUT2D eigenvalue weighted by atomic mass is 16.2. The van der Waals surface area contributed by atoms with Crippen molar-refractivity contribution in [2.75, 3.05) is 13.1 Å². The number of hydrogen-bond acceptors (Lipinski definition) is 2. The third-order valence-electron chi connectivity index (χ3n) is 3.65. The lowest BCUT2D eigenvalue weighted by Gasteiger charge is -2.48. The standard InChI is InChI=1S/C12H22N2O/c1-12(2,3)14-7-10(8-14)13-11(15)9-5-4-6-9/h9-10H,4-8H2,1-3H3,(H,13,15). The summed E-state index contributed by atoms with van der Waals surface area (Å²) in [5.74, 6) is 0.619. The first-order valence-electron chi connectivity index (χ1n) is 6.02. The highest BCUT2D eigenvalue weighted by molar-refractivity contribution is 5.79. The Kier molecular flexibility index (Phi) is 2.75. The predicted octanol–water partition coefficient (Wildman–Crippen LogP) is 1.39. The van der Waals surface area contributed by atoms with Crippen LogP contribution in [0.2, 0.25) is 0 Å². The van der Waals surface area contributed by atoms with Crippen molar-refractivity contribution in [2.24, 2.45) is 5.92 Å². The van der Waals surface area contributed by atoms with Gasteiger partial charge in [-0.15, -0.1) is 0 Å². The summed E-state index contributed by atoms with van der Waals surface area (Å²) >= 11 is 0. The van der Waals surface area contributed by atoms with Crippen molar-refractivity contribution in [1.29, 1.82) is 0 Å². The Bertz CT molecular complexity index is 247. The Hall–Kier alpha value is -0.570. The second-order valence-electron chi connectivity index (χ2n) is 5.91. The number of hydrogen-bond donors (Lipinski definition) is 1. The van der Waals surface area contributed by atoms with Crippen molar-refractivity contribution >= 4 is 5.91 Å². The van der Waals surface area contributed by atoms with Gasteiger partial charge < -0.3 is 5.32 Å². The second-order valence-corrected chi connectivity index (χ2v) is 5.91. The molecule has 0 atom stereocenters. The van der Waals surface area contributed by atoms with Crippen molar-refractivity contribution < 1.29 is 4.79 Å². The van der Waals surface area contributed by atoms with Crippen molar-refractivity contribution in [1.82, 2.24) is 10.2 Å². The van der Waals surface area contributed by atoms with Gasteiger partial charge in [-0.25, -0.2) is 0 Å². The van der Waals surface area contributed by atoms with Crippen LogP contribution in [0.25, 0.3) is 0 Å². The Labute approximate surface area is 92.2 Å². The van der Waals surface area contributed by atoms with Crippen LogP contribution in [0.3, 0.4) is 0 Å². The van der Waals surface area contributed by atoms with Gasteiger partial charge in [-0.2, -0.15) is 0 Å². The van der Waals surface area contributed by atoms with Gasteiger partial charge in [-0.05, 0) is 33.6 Å². The first kappa shape index (κ1) is 10.9. The van der Waals surface area contributed by atoms with Crippen LogP contribution in [0, 0.1) is 5.92 Å². The Morgan fingerprint density at radius 2 is 1.87 bits per heavy atom. The van der Waals surface area contributed by atoms with Crippen LogP contribution >= 0.6 is 0 Å². The fourth-order valence-electron chi connectivity index (χ4n) is 2.11. The Morgan fingerprint density at radius 1 is 1.27 bits per heavy atom. The molecule has 2 rings (SSSR count). The molecule has 1 N–H and O–H groups in total. The van der Waals surface area contributed by atoms with E-state index in [2.05, 4.69) is 31.0 Å². The molecule has 0 aromatic carbocycles. The monoisotopic (exact) mass is 210 g/mol. The van der Waals surface area contributed by atoms with Crippen molar-refractivity contribution in [3.05, 3.63) is 0 Å². The van der Waals surface area contributed by atoms with E-state index in [1.54, 1.807) is 0 Å². The molecule has 3 nitrogen and oxygen atoms in total. The number of amides is 1. The number of nitrogens with zero attached hydrogens (tertiary/aromatic N) is 1. The number of carbonyl (C=O) groups excluding carboxylic acids is 1. The maximum absolute atomic E-state index is 11.7. The maximum Gasteiger partial charge on any atom is 0.223 e. The molecule has 1 amide bonds. The number of carbonyl (C=O) groups is 1. The van der Waals surface area contributed by atoms with Gasteiger partial charge >= 0.3 is 0 Å². The zero-order valence-electron chi connectivity index (χ0n) is 10.0. The molecular weight excluding hydrogens is 188 g/mol. The molecule has 1 saturated heterocycles.